The van der Waals surface area contributed by atoms with Crippen LogP contribution in [0.25, 0.3) is 0 Å². The van der Waals surface area contributed by atoms with Gasteiger partial charge in [-0.3, -0.25) is 9.59 Å². The minimum atomic E-state index is -3.39. The lowest BCUT2D eigenvalue weighted by Gasteiger charge is -2.19. The molecule has 0 fully saturated rings. The number of carbonyl (C=O) groups excluding carboxylic acids is 1. The van der Waals surface area contributed by atoms with Crippen LogP contribution in [0.1, 0.15) is 35.7 Å². The van der Waals surface area contributed by atoms with Gasteiger partial charge in [-0.15, -0.1) is 0 Å². The molecule has 122 valence electrons. The Hall–Kier alpha value is -1.89. The van der Waals surface area contributed by atoms with Gasteiger partial charge in [-0.2, -0.15) is 0 Å². The van der Waals surface area contributed by atoms with Gasteiger partial charge in [0.05, 0.1) is 4.90 Å². The van der Waals surface area contributed by atoms with Crippen LogP contribution in [0, 0.1) is 0 Å². The van der Waals surface area contributed by atoms with Gasteiger partial charge in [0.15, 0.2) is 9.84 Å². The Kier molecular flexibility index (Phi) is 6.11. The van der Waals surface area contributed by atoms with E-state index in [1.807, 2.05) is 6.92 Å². The molecule has 1 rings (SSSR count). The third-order valence-corrected chi connectivity index (χ3v) is 4.46. The van der Waals surface area contributed by atoms with Crippen molar-refractivity contribution in [3.05, 3.63) is 29.3 Å². The van der Waals surface area contributed by atoms with Crippen molar-refractivity contribution in [3.63, 3.8) is 0 Å². The van der Waals surface area contributed by atoms with Crippen molar-refractivity contribution in [2.75, 3.05) is 19.8 Å². The molecular weight excluding hydrogens is 306 g/mol. The first-order chi connectivity index (χ1) is 10.2. The molecular formula is C15H21NO5S. The molecule has 0 spiro atoms. The van der Waals surface area contributed by atoms with Gasteiger partial charge in [0.2, 0.25) is 0 Å². The summed E-state index contributed by atoms with van der Waals surface area (Å²) >= 11 is 0. The van der Waals surface area contributed by atoms with Gasteiger partial charge in [0.1, 0.15) is 0 Å². The molecule has 1 aromatic carbocycles. The van der Waals surface area contributed by atoms with Gasteiger partial charge in [0, 0.05) is 31.8 Å². The second-order valence-corrected chi connectivity index (χ2v) is 7.18. The van der Waals surface area contributed by atoms with Gasteiger partial charge in [-0.25, -0.2) is 8.42 Å². The number of aryl methyl sites for hydroxylation is 1. The number of carboxylic acid groups (broad SMARTS) is 1. The number of hydrogen-bond donors (Lipinski definition) is 1. The Balaban J connectivity index is 3.02. The Labute approximate surface area is 130 Å². The number of aliphatic carboxylic acids is 1. The first kappa shape index (κ1) is 18.2. The Morgan fingerprint density at radius 2 is 1.91 bits per heavy atom. The number of hydrogen-bond acceptors (Lipinski definition) is 4. The monoisotopic (exact) mass is 327 g/mol. The molecule has 0 aliphatic carbocycles. The predicted octanol–water partition coefficient (Wildman–Crippen LogP) is 1.59. The average Bonchev–Trinajstić information content (AvgIpc) is 2.44. The summed E-state index contributed by atoms with van der Waals surface area (Å²) in [6.45, 7) is 2.19. The molecule has 1 N–H and O–H groups in total. The summed E-state index contributed by atoms with van der Waals surface area (Å²) < 4.78 is 23.3. The number of rotatable bonds is 7. The minimum Gasteiger partial charge on any atom is -0.481 e. The molecule has 0 saturated heterocycles. The maximum Gasteiger partial charge on any atom is 0.303 e. The van der Waals surface area contributed by atoms with Crippen LogP contribution in [0.3, 0.4) is 0 Å². The summed E-state index contributed by atoms with van der Waals surface area (Å²) in [5.74, 6) is -1.21. The number of carbonyl (C=O) groups is 2. The zero-order chi connectivity index (χ0) is 16.9. The Morgan fingerprint density at radius 3 is 2.41 bits per heavy atom. The van der Waals surface area contributed by atoms with E-state index in [0.29, 0.717) is 24.9 Å². The summed E-state index contributed by atoms with van der Waals surface area (Å²) in [5.41, 5.74) is 1.12. The summed E-state index contributed by atoms with van der Waals surface area (Å²) in [6.07, 6.45) is 2.04. The molecule has 0 aliphatic heterocycles. The summed E-state index contributed by atoms with van der Waals surface area (Å²) in [7, 11) is -1.81. The Morgan fingerprint density at radius 1 is 1.27 bits per heavy atom. The summed E-state index contributed by atoms with van der Waals surface area (Å²) in [5, 5.41) is 8.62. The third-order valence-electron chi connectivity index (χ3n) is 3.35. The fourth-order valence-electron chi connectivity index (χ4n) is 2.07. The molecule has 0 aromatic heterocycles. The van der Waals surface area contributed by atoms with E-state index in [1.165, 1.54) is 17.0 Å². The van der Waals surface area contributed by atoms with E-state index < -0.39 is 15.8 Å². The molecule has 7 heteroatoms. The van der Waals surface area contributed by atoms with Gasteiger partial charge in [-0.1, -0.05) is 13.0 Å². The average molecular weight is 327 g/mol. The van der Waals surface area contributed by atoms with E-state index in [2.05, 4.69) is 0 Å². The highest BCUT2D eigenvalue weighted by Crippen LogP contribution is 2.18. The van der Waals surface area contributed by atoms with Crippen molar-refractivity contribution in [2.24, 2.45) is 0 Å². The second kappa shape index (κ2) is 7.40. The van der Waals surface area contributed by atoms with Crippen LogP contribution < -0.4 is 0 Å². The molecule has 1 amide bonds. The SMILES string of the molecule is CCc1ccc(S(C)(=O)=O)cc1C(=O)N(C)CCCC(=O)O. The quantitative estimate of drug-likeness (QED) is 0.821. The van der Waals surface area contributed by atoms with Gasteiger partial charge < -0.3 is 10.0 Å². The van der Waals surface area contributed by atoms with E-state index >= 15 is 0 Å². The Bertz CT molecular complexity index is 667. The molecule has 0 aliphatic rings. The molecule has 22 heavy (non-hydrogen) atoms. The van der Waals surface area contributed by atoms with Gasteiger partial charge in [0.25, 0.3) is 5.91 Å². The number of sulfone groups is 1. The molecule has 0 heterocycles. The van der Waals surface area contributed by atoms with Crippen LogP contribution in [0.2, 0.25) is 0 Å². The highest BCUT2D eigenvalue weighted by Gasteiger charge is 2.18. The lowest BCUT2D eigenvalue weighted by molar-refractivity contribution is -0.137. The van der Waals surface area contributed by atoms with E-state index in [4.69, 9.17) is 5.11 Å². The molecule has 1 aromatic rings. The van der Waals surface area contributed by atoms with Crippen molar-refractivity contribution in [2.45, 2.75) is 31.1 Å². The minimum absolute atomic E-state index is 0.0123. The molecule has 0 unspecified atom stereocenters. The van der Waals surface area contributed by atoms with Crippen LogP contribution in [0.4, 0.5) is 0 Å². The van der Waals surface area contributed by atoms with Gasteiger partial charge in [-0.05, 0) is 30.5 Å². The molecule has 0 radical (unpaired) electrons. The molecule has 0 atom stereocenters. The first-order valence-electron chi connectivity index (χ1n) is 6.97. The first-order valence-corrected chi connectivity index (χ1v) is 8.86. The van der Waals surface area contributed by atoms with E-state index in [1.54, 1.807) is 13.1 Å². The fourth-order valence-corrected chi connectivity index (χ4v) is 2.72. The molecule has 0 bridgehead atoms. The van der Waals surface area contributed by atoms with Crippen molar-refractivity contribution in [1.29, 1.82) is 0 Å². The highest BCUT2D eigenvalue weighted by molar-refractivity contribution is 7.90. The lowest BCUT2D eigenvalue weighted by Crippen LogP contribution is -2.29. The number of benzene rings is 1. The molecule has 6 nitrogen and oxygen atoms in total. The smallest absolute Gasteiger partial charge is 0.303 e. The van der Waals surface area contributed by atoms with Crippen LogP contribution >= 0.6 is 0 Å². The zero-order valence-corrected chi connectivity index (χ0v) is 13.8. The predicted molar refractivity (Wildman–Crippen MR) is 82.8 cm³/mol. The van der Waals surface area contributed by atoms with Crippen molar-refractivity contribution < 1.29 is 23.1 Å². The second-order valence-electron chi connectivity index (χ2n) is 5.17. The van der Waals surface area contributed by atoms with Crippen LogP contribution in [-0.4, -0.2) is 50.1 Å². The topological polar surface area (TPSA) is 91.8 Å². The van der Waals surface area contributed by atoms with Crippen molar-refractivity contribution >= 4 is 21.7 Å². The van der Waals surface area contributed by atoms with Crippen molar-refractivity contribution in [1.82, 2.24) is 4.90 Å². The van der Waals surface area contributed by atoms with Gasteiger partial charge >= 0.3 is 5.97 Å². The standard InChI is InChI=1S/C15H21NO5S/c1-4-11-7-8-12(22(3,20)21)10-13(11)15(19)16(2)9-5-6-14(17)18/h7-8,10H,4-6,9H2,1-3H3,(H,17,18). The van der Waals surface area contributed by atoms with E-state index in [0.717, 1.165) is 11.8 Å². The van der Waals surface area contributed by atoms with Crippen LogP contribution in [-0.2, 0) is 21.1 Å². The normalized spacial score (nSPS) is 11.2. The van der Waals surface area contributed by atoms with Crippen molar-refractivity contribution in [3.8, 4) is 0 Å². The van der Waals surface area contributed by atoms with E-state index in [-0.39, 0.29) is 17.2 Å². The number of carboxylic acids is 1. The maximum absolute atomic E-state index is 12.5. The van der Waals surface area contributed by atoms with E-state index in [9.17, 15) is 18.0 Å². The largest absolute Gasteiger partial charge is 0.481 e. The fraction of sp³-hybridized carbons (Fsp3) is 0.467. The van der Waals surface area contributed by atoms with Crippen LogP contribution in [0.5, 0.6) is 0 Å². The zero-order valence-electron chi connectivity index (χ0n) is 13.0. The van der Waals surface area contributed by atoms with Crippen LogP contribution in [0.15, 0.2) is 23.1 Å². The molecule has 0 saturated carbocycles. The number of nitrogens with zero attached hydrogens (tertiary/aromatic N) is 1. The third kappa shape index (κ3) is 4.84. The summed E-state index contributed by atoms with van der Waals surface area (Å²) in [4.78, 5) is 24.5. The highest BCUT2D eigenvalue weighted by atomic mass is 32.2. The summed E-state index contributed by atoms with van der Waals surface area (Å²) in [6, 6.07) is 4.54. The number of amides is 1. The maximum atomic E-state index is 12.5. The lowest BCUT2D eigenvalue weighted by atomic mass is 10.0.